The first-order chi connectivity index (χ1) is 5.93. The second-order valence-corrected chi connectivity index (χ2v) is 2.99. The van der Waals surface area contributed by atoms with Crippen molar-refractivity contribution in [1.82, 2.24) is 0 Å². The number of aryl methyl sites for hydroxylation is 1. The highest BCUT2D eigenvalue weighted by molar-refractivity contribution is 6.25. The lowest BCUT2D eigenvalue weighted by molar-refractivity contribution is 0.844. The van der Waals surface area contributed by atoms with E-state index in [1.54, 1.807) is 5.54 Å². The van der Waals surface area contributed by atoms with Crippen molar-refractivity contribution in [1.29, 1.82) is 0 Å². The number of benzene rings is 1. The molecule has 0 saturated heterocycles. The van der Waals surface area contributed by atoms with Crippen molar-refractivity contribution in [2.45, 2.75) is 19.3 Å². The summed E-state index contributed by atoms with van der Waals surface area (Å²) in [6, 6.07) is 10.5. The van der Waals surface area contributed by atoms with Crippen molar-refractivity contribution in [3.63, 3.8) is 0 Å². The molecule has 0 aromatic heterocycles. The summed E-state index contributed by atoms with van der Waals surface area (Å²) in [5, 5.41) is 0. The zero-order valence-electron chi connectivity index (χ0n) is 7.04. The second-order valence-electron chi connectivity index (χ2n) is 2.74. The van der Waals surface area contributed by atoms with Crippen LogP contribution < -0.4 is 0 Å². The van der Waals surface area contributed by atoms with E-state index in [-0.39, 0.29) is 0 Å². The monoisotopic (exact) mass is 180 g/mol. The van der Waals surface area contributed by atoms with Crippen LogP contribution in [0, 0.1) is 0 Å². The zero-order chi connectivity index (χ0) is 8.65. The van der Waals surface area contributed by atoms with E-state index in [2.05, 4.69) is 24.3 Å². The molecule has 0 aliphatic rings. The van der Waals surface area contributed by atoms with Crippen LogP contribution in [0.25, 0.3) is 0 Å². The van der Waals surface area contributed by atoms with Crippen LogP contribution in [0.1, 0.15) is 18.4 Å². The molecule has 0 radical (unpaired) electrons. The molecule has 0 saturated carbocycles. The average molecular weight is 181 g/mol. The van der Waals surface area contributed by atoms with Gasteiger partial charge in [-0.25, -0.2) is 0 Å². The Morgan fingerprint density at radius 3 is 2.58 bits per heavy atom. The van der Waals surface area contributed by atoms with Crippen LogP contribution in [0.4, 0.5) is 0 Å². The van der Waals surface area contributed by atoms with Gasteiger partial charge in [0.1, 0.15) is 0 Å². The Kier molecular flexibility index (Phi) is 4.55. The maximum absolute atomic E-state index is 5.40. The molecule has 0 unspecified atom stereocenters. The van der Waals surface area contributed by atoms with E-state index < -0.39 is 0 Å². The molecule has 1 aromatic carbocycles. The first-order valence-corrected chi connectivity index (χ1v) is 4.66. The van der Waals surface area contributed by atoms with E-state index in [9.17, 15) is 0 Å². The highest BCUT2D eigenvalue weighted by atomic mass is 35.5. The minimum atomic E-state index is 1.07. The Hall–Kier alpha value is -0.750. The minimum absolute atomic E-state index is 1.07. The third-order valence-corrected chi connectivity index (χ3v) is 1.95. The Morgan fingerprint density at radius 2 is 1.92 bits per heavy atom. The molecule has 64 valence electrons. The fraction of sp³-hybridized carbons (Fsp3) is 0.273. The van der Waals surface area contributed by atoms with Gasteiger partial charge in [-0.1, -0.05) is 48.0 Å². The molecule has 1 rings (SSSR count). The predicted octanol–water partition coefficient (Wildman–Crippen LogP) is 3.76. The summed E-state index contributed by atoms with van der Waals surface area (Å²) >= 11 is 5.40. The molecule has 12 heavy (non-hydrogen) atoms. The molecule has 0 atom stereocenters. The SMILES string of the molecule is Cl/C=C/CCCc1ccccc1. The van der Waals surface area contributed by atoms with Crippen LogP contribution in [-0.4, -0.2) is 0 Å². The summed E-state index contributed by atoms with van der Waals surface area (Å²) in [6.45, 7) is 0. The van der Waals surface area contributed by atoms with Gasteiger partial charge in [-0.05, 0) is 24.8 Å². The van der Waals surface area contributed by atoms with E-state index in [0.717, 1.165) is 12.8 Å². The van der Waals surface area contributed by atoms with E-state index in [0.29, 0.717) is 0 Å². The zero-order valence-corrected chi connectivity index (χ0v) is 7.80. The van der Waals surface area contributed by atoms with Gasteiger partial charge >= 0.3 is 0 Å². The first kappa shape index (κ1) is 9.34. The molecule has 0 aliphatic carbocycles. The summed E-state index contributed by atoms with van der Waals surface area (Å²) in [5.74, 6) is 0. The van der Waals surface area contributed by atoms with Crippen molar-refractivity contribution in [2.24, 2.45) is 0 Å². The molecule has 0 heterocycles. The number of halogens is 1. The molecular weight excluding hydrogens is 168 g/mol. The lowest BCUT2D eigenvalue weighted by Gasteiger charge is -1.97. The molecule has 0 N–H and O–H groups in total. The van der Waals surface area contributed by atoms with E-state index in [1.165, 1.54) is 12.0 Å². The van der Waals surface area contributed by atoms with Gasteiger partial charge in [-0.3, -0.25) is 0 Å². The summed E-state index contributed by atoms with van der Waals surface area (Å²) in [7, 11) is 0. The number of allylic oxidation sites excluding steroid dienone is 1. The lowest BCUT2D eigenvalue weighted by Crippen LogP contribution is -1.82. The quantitative estimate of drug-likeness (QED) is 0.619. The first-order valence-electron chi connectivity index (χ1n) is 4.22. The molecule has 0 amide bonds. The van der Waals surface area contributed by atoms with Gasteiger partial charge in [-0.15, -0.1) is 0 Å². The number of hydrogen-bond donors (Lipinski definition) is 0. The van der Waals surface area contributed by atoms with Crippen LogP contribution in [0.15, 0.2) is 41.9 Å². The Labute approximate surface area is 78.9 Å². The van der Waals surface area contributed by atoms with Crippen LogP contribution in [0.2, 0.25) is 0 Å². The highest BCUT2D eigenvalue weighted by Crippen LogP contribution is 2.04. The van der Waals surface area contributed by atoms with Gasteiger partial charge in [0, 0.05) is 5.54 Å². The summed E-state index contributed by atoms with van der Waals surface area (Å²) in [5.41, 5.74) is 2.99. The smallest absolute Gasteiger partial charge is 0.000245 e. The molecule has 0 fully saturated rings. The van der Waals surface area contributed by atoms with Gasteiger partial charge in [0.25, 0.3) is 0 Å². The van der Waals surface area contributed by atoms with Gasteiger partial charge in [0.15, 0.2) is 0 Å². The molecule has 0 bridgehead atoms. The van der Waals surface area contributed by atoms with Crippen molar-refractivity contribution in [2.75, 3.05) is 0 Å². The maximum atomic E-state index is 5.40. The van der Waals surface area contributed by atoms with E-state index in [4.69, 9.17) is 11.6 Å². The molecular formula is C11H13Cl. The number of unbranched alkanes of at least 4 members (excludes halogenated alkanes) is 1. The largest absolute Gasteiger partial charge is 0.0933 e. The molecule has 0 aliphatic heterocycles. The Bertz CT molecular complexity index is 226. The molecule has 1 heteroatoms. The highest BCUT2D eigenvalue weighted by Gasteiger charge is 1.88. The van der Waals surface area contributed by atoms with Crippen molar-refractivity contribution >= 4 is 11.6 Å². The van der Waals surface area contributed by atoms with Gasteiger partial charge in [0.2, 0.25) is 0 Å². The van der Waals surface area contributed by atoms with Crippen LogP contribution in [0.5, 0.6) is 0 Å². The second kappa shape index (κ2) is 5.84. The fourth-order valence-electron chi connectivity index (χ4n) is 1.13. The fourth-order valence-corrected chi connectivity index (χ4v) is 1.26. The standard InChI is InChI=1S/C11H13Cl/c12-10-6-2-5-9-11-7-3-1-4-8-11/h1,3-4,6-8,10H,2,5,9H2/b10-6+. The average Bonchev–Trinajstić information content (AvgIpc) is 2.14. The topological polar surface area (TPSA) is 0 Å². The van der Waals surface area contributed by atoms with Crippen LogP contribution >= 0.6 is 11.6 Å². The summed E-state index contributed by atoms with van der Waals surface area (Å²) in [4.78, 5) is 0. The van der Waals surface area contributed by atoms with E-state index >= 15 is 0 Å². The van der Waals surface area contributed by atoms with Crippen molar-refractivity contribution in [3.05, 3.63) is 47.5 Å². The van der Waals surface area contributed by atoms with Crippen LogP contribution in [-0.2, 0) is 6.42 Å². The Morgan fingerprint density at radius 1 is 1.17 bits per heavy atom. The molecule has 1 aromatic rings. The summed E-state index contributed by atoms with van der Waals surface area (Å²) in [6.07, 6.45) is 5.37. The lowest BCUT2D eigenvalue weighted by atomic mass is 10.1. The van der Waals surface area contributed by atoms with E-state index in [1.807, 2.05) is 12.1 Å². The van der Waals surface area contributed by atoms with Gasteiger partial charge in [-0.2, -0.15) is 0 Å². The van der Waals surface area contributed by atoms with Crippen LogP contribution in [0.3, 0.4) is 0 Å². The third-order valence-electron chi connectivity index (χ3n) is 1.77. The van der Waals surface area contributed by atoms with Crippen molar-refractivity contribution < 1.29 is 0 Å². The Balaban J connectivity index is 2.24. The maximum Gasteiger partial charge on any atom is 0.000245 e. The minimum Gasteiger partial charge on any atom is -0.0933 e. The summed E-state index contributed by atoms with van der Waals surface area (Å²) < 4.78 is 0. The number of hydrogen-bond acceptors (Lipinski definition) is 0. The normalized spacial score (nSPS) is 10.8. The predicted molar refractivity (Wildman–Crippen MR) is 54.4 cm³/mol. The van der Waals surface area contributed by atoms with Gasteiger partial charge < -0.3 is 0 Å². The molecule has 0 spiro atoms. The number of rotatable bonds is 4. The van der Waals surface area contributed by atoms with Crippen molar-refractivity contribution in [3.8, 4) is 0 Å². The van der Waals surface area contributed by atoms with Gasteiger partial charge in [0.05, 0.1) is 0 Å². The molecule has 0 nitrogen and oxygen atoms in total. The third kappa shape index (κ3) is 3.59.